The zero-order chi connectivity index (χ0) is 11.6. The highest BCUT2D eigenvalue weighted by molar-refractivity contribution is 4.43. The molecule has 0 aliphatic rings. The first-order chi connectivity index (χ1) is 7.06. The van der Waals surface area contributed by atoms with E-state index in [1.54, 1.807) is 0 Å². The molecule has 0 aliphatic heterocycles. The van der Waals surface area contributed by atoms with E-state index >= 15 is 0 Å². The third-order valence-electron chi connectivity index (χ3n) is 2.33. The van der Waals surface area contributed by atoms with E-state index in [1.165, 1.54) is 32.2 Å². The van der Waals surface area contributed by atoms with Crippen molar-refractivity contribution in [1.29, 1.82) is 0 Å². The van der Waals surface area contributed by atoms with Gasteiger partial charge in [-0.25, -0.2) is 0 Å². The first kappa shape index (κ1) is 14.9. The van der Waals surface area contributed by atoms with Crippen LogP contribution in [0.5, 0.6) is 0 Å². The Hall–Kier alpha value is -0.120. The van der Waals surface area contributed by atoms with Gasteiger partial charge in [0.25, 0.3) is 0 Å². The molecular formula is C12H29N2O+. The molecule has 0 radical (unpaired) electrons. The maximum absolute atomic E-state index is 5.56. The Balaban J connectivity index is 2.99. The molecule has 0 saturated carbocycles. The first-order valence-electron chi connectivity index (χ1n) is 6.09. The summed E-state index contributed by atoms with van der Waals surface area (Å²) in [6.07, 6.45) is 4.85. The van der Waals surface area contributed by atoms with E-state index in [9.17, 15) is 0 Å². The highest BCUT2D eigenvalue weighted by Gasteiger charge is 2.04. The molecule has 0 unspecified atom stereocenters. The number of nitrogens with one attached hydrogen (secondary N) is 1. The fourth-order valence-corrected chi connectivity index (χ4v) is 1.40. The minimum absolute atomic E-state index is 0.923. The van der Waals surface area contributed by atoms with Gasteiger partial charge in [0.1, 0.15) is 0 Å². The van der Waals surface area contributed by atoms with Crippen LogP contribution in [0, 0.1) is 0 Å². The van der Waals surface area contributed by atoms with Crippen molar-refractivity contribution in [1.82, 2.24) is 5.32 Å². The Bertz CT molecular complexity index is 132. The second-order valence-electron chi connectivity index (χ2n) is 5.14. The fraction of sp³-hybridized carbons (Fsp3) is 1.00. The van der Waals surface area contributed by atoms with Crippen LogP contribution in [-0.2, 0) is 4.74 Å². The summed E-state index contributed by atoms with van der Waals surface area (Å²) in [5, 5.41) is 3.14. The summed E-state index contributed by atoms with van der Waals surface area (Å²) in [6, 6.07) is 0. The maximum atomic E-state index is 5.56. The minimum Gasteiger partial charge on any atom is -0.381 e. The van der Waals surface area contributed by atoms with Crippen LogP contribution < -0.4 is 5.32 Å². The van der Waals surface area contributed by atoms with Crippen molar-refractivity contribution in [3.63, 3.8) is 0 Å². The van der Waals surface area contributed by atoms with Gasteiger partial charge in [-0.05, 0) is 39.3 Å². The molecule has 15 heavy (non-hydrogen) atoms. The van der Waals surface area contributed by atoms with Crippen molar-refractivity contribution >= 4 is 0 Å². The van der Waals surface area contributed by atoms with Crippen LogP contribution in [-0.4, -0.2) is 59.0 Å². The highest BCUT2D eigenvalue weighted by Crippen LogP contribution is 1.98. The summed E-state index contributed by atoms with van der Waals surface area (Å²) in [4.78, 5) is 0. The fourth-order valence-electron chi connectivity index (χ4n) is 1.40. The molecule has 0 rings (SSSR count). The van der Waals surface area contributed by atoms with E-state index in [4.69, 9.17) is 4.74 Å². The quantitative estimate of drug-likeness (QED) is 0.442. The van der Waals surface area contributed by atoms with Gasteiger partial charge in [0, 0.05) is 13.2 Å². The average molecular weight is 217 g/mol. The van der Waals surface area contributed by atoms with Crippen molar-refractivity contribution < 1.29 is 9.22 Å². The molecule has 3 nitrogen and oxygen atoms in total. The maximum Gasteiger partial charge on any atom is 0.0781 e. The summed E-state index contributed by atoms with van der Waals surface area (Å²) >= 11 is 0. The smallest absolute Gasteiger partial charge is 0.0781 e. The molecule has 92 valence electrons. The zero-order valence-electron chi connectivity index (χ0n) is 11.0. The lowest BCUT2D eigenvalue weighted by atomic mass is 10.3. The SMILES string of the molecule is CNCCCCOCCCC[N+](C)(C)C. The molecule has 0 fully saturated rings. The molecule has 0 saturated heterocycles. The van der Waals surface area contributed by atoms with Gasteiger partial charge in [-0.3, -0.25) is 0 Å². The summed E-state index contributed by atoms with van der Waals surface area (Å²) in [5.41, 5.74) is 0. The van der Waals surface area contributed by atoms with Gasteiger partial charge >= 0.3 is 0 Å². The van der Waals surface area contributed by atoms with Crippen molar-refractivity contribution in [3.8, 4) is 0 Å². The molecule has 0 bridgehead atoms. The average Bonchev–Trinajstić information content (AvgIpc) is 2.14. The van der Waals surface area contributed by atoms with Crippen molar-refractivity contribution in [2.75, 3.05) is 54.5 Å². The van der Waals surface area contributed by atoms with Gasteiger partial charge in [0.15, 0.2) is 0 Å². The topological polar surface area (TPSA) is 21.3 Å². The van der Waals surface area contributed by atoms with E-state index < -0.39 is 0 Å². The third-order valence-corrected chi connectivity index (χ3v) is 2.33. The lowest BCUT2D eigenvalue weighted by molar-refractivity contribution is -0.870. The number of unbranched alkanes of at least 4 members (excludes halogenated alkanes) is 2. The predicted molar refractivity (Wildman–Crippen MR) is 66.1 cm³/mol. The number of nitrogens with zero attached hydrogens (tertiary/aromatic N) is 1. The van der Waals surface area contributed by atoms with Crippen LogP contribution in [0.4, 0.5) is 0 Å². The highest BCUT2D eigenvalue weighted by atomic mass is 16.5. The zero-order valence-corrected chi connectivity index (χ0v) is 11.0. The van der Waals surface area contributed by atoms with Crippen LogP contribution in [0.25, 0.3) is 0 Å². The molecule has 0 amide bonds. The summed E-state index contributed by atoms with van der Waals surface area (Å²) < 4.78 is 6.62. The van der Waals surface area contributed by atoms with E-state index in [1.807, 2.05) is 7.05 Å². The van der Waals surface area contributed by atoms with Gasteiger partial charge in [-0.15, -0.1) is 0 Å². The standard InChI is InChI=1S/C12H29N2O/c1-13-9-5-7-11-15-12-8-6-10-14(2,3)4/h13H,5-12H2,1-4H3/q+1. The summed E-state index contributed by atoms with van der Waals surface area (Å²) in [7, 11) is 8.70. The minimum atomic E-state index is 0.923. The van der Waals surface area contributed by atoms with Crippen LogP contribution in [0.3, 0.4) is 0 Å². The number of hydrogen-bond donors (Lipinski definition) is 1. The van der Waals surface area contributed by atoms with Crippen LogP contribution in [0.15, 0.2) is 0 Å². The second-order valence-corrected chi connectivity index (χ2v) is 5.14. The molecule has 0 heterocycles. The first-order valence-corrected chi connectivity index (χ1v) is 6.09. The molecule has 0 aromatic rings. The molecule has 0 atom stereocenters. The molecule has 0 spiro atoms. The number of rotatable bonds is 10. The van der Waals surface area contributed by atoms with E-state index in [2.05, 4.69) is 26.5 Å². The van der Waals surface area contributed by atoms with Crippen LogP contribution in [0.1, 0.15) is 25.7 Å². The normalized spacial score (nSPS) is 12.0. The van der Waals surface area contributed by atoms with Crippen LogP contribution in [0.2, 0.25) is 0 Å². The number of hydrogen-bond acceptors (Lipinski definition) is 2. The van der Waals surface area contributed by atoms with Gasteiger partial charge in [0.2, 0.25) is 0 Å². The lowest BCUT2D eigenvalue weighted by Gasteiger charge is -2.23. The van der Waals surface area contributed by atoms with Crippen LogP contribution >= 0.6 is 0 Å². The van der Waals surface area contributed by atoms with Gasteiger partial charge in [0.05, 0.1) is 27.7 Å². The predicted octanol–water partition coefficient (Wildman–Crippen LogP) is 1.49. The Labute approximate surface area is 95.4 Å². The lowest BCUT2D eigenvalue weighted by Crippen LogP contribution is -2.35. The molecular weight excluding hydrogens is 188 g/mol. The number of ether oxygens (including phenoxy) is 1. The number of quaternary nitrogens is 1. The van der Waals surface area contributed by atoms with Crippen molar-refractivity contribution in [2.24, 2.45) is 0 Å². The molecule has 0 aromatic heterocycles. The Kier molecular flexibility index (Phi) is 9.06. The Morgan fingerprint density at radius 3 is 2.07 bits per heavy atom. The third kappa shape index (κ3) is 13.9. The summed E-state index contributed by atoms with van der Waals surface area (Å²) in [5.74, 6) is 0. The second kappa shape index (κ2) is 9.13. The molecule has 1 N–H and O–H groups in total. The molecule has 3 heteroatoms. The largest absolute Gasteiger partial charge is 0.381 e. The monoisotopic (exact) mass is 217 g/mol. The summed E-state index contributed by atoms with van der Waals surface area (Å²) in [6.45, 7) is 4.19. The van der Waals surface area contributed by atoms with E-state index in [-0.39, 0.29) is 0 Å². The Morgan fingerprint density at radius 2 is 1.53 bits per heavy atom. The van der Waals surface area contributed by atoms with E-state index in [0.29, 0.717) is 0 Å². The van der Waals surface area contributed by atoms with Gasteiger partial charge in [-0.1, -0.05) is 0 Å². The molecule has 0 aliphatic carbocycles. The Morgan fingerprint density at radius 1 is 0.933 bits per heavy atom. The van der Waals surface area contributed by atoms with E-state index in [0.717, 1.165) is 24.2 Å². The van der Waals surface area contributed by atoms with Crippen molar-refractivity contribution in [3.05, 3.63) is 0 Å². The van der Waals surface area contributed by atoms with Gasteiger partial charge in [-0.2, -0.15) is 0 Å². The van der Waals surface area contributed by atoms with Crippen molar-refractivity contribution in [2.45, 2.75) is 25.7 Å². The van der Waals surface area contributed by atoms with Gasteiger partial charge < -0.3 is 14.5 Å². The molecule has 0 aromatic carbocycles.